The number of aryl methyl sites for hydroxylation is 6. The van der Waals surface area contributed by atoms with Crippen LogP contribution < -0.4 is 15.4 Å². The Labute approximate surface area is 220 Å². The minimum absolute atomic E-state index is 0.0188. The van der Waals surface area contributed by atoms with Gasteiger partial charge in [-0.25, -0.2) is 18.4 Å². The number of sulfonamides is 1. The lowest BCUT2D eigenvalue weighted by Gasteiger charge is -2.18. The van der Waals surface area contributed by atoms with E-state index in [1.54, 1.807) is 26.0 Å². The number of fused-ring (bicyclic) bond motifs is 1. The molecule has 1 aliphatic rings. The van der Waals surface area contributed by atoms with Gasteiger partial charge in [-0.3, -0.25) is 14.3 Å². The van der Waals surface area contributed by atoms with Crippen LogP contribution in [0.3, 0.4) is 0 Å². The maximum Gasteiger partial charge on any atom is 0.323 e. The van der Waals surface area contributed by atoms with Gasteiger partial charge in [0, 0.05) is 31.7 Å². The number of carboxylic acids is 1. The molecule has 3 heterocycles. The summed E-state index contributed by atoms with van der Waals surface area (Å²) in [4.78, 5) is 33.0. The Hall–Kier alpha value is -3.84. The first-order valence-electron chi connectivity index (χ1n) is 12.3. The highest BCUT2D eigenvalue weighted by atomic mass is 32.2. The third kappa shape index (κ3) is 6.34. The molecule has 0 saturated carbocycles. The summed E-state index contributed by atoms with van der Waals surface area (Å²) in [6, 6.07) is 5.87. The molecule has 1 atom stereocenters. The molecule has 0 fully saturated rings. The highest BCUT2D eigenvalue weighted by molar-refractivity contribution is 7.89. The predicted octanol–water partition coefficient (Wildman–Crippen LogP) is 1.36. The van der Waals surface area contributed by atoms with E-state index in [1.165, 1.54) is 16.6 Å². The summed E-state index contributed by atoms with van der Waals surface area (Å²) < 4.78 is 29.6. The molecule has 1 aliphatic heterocycles. The molecular formula is C25H31N7O5S. The number of rotatable bonds is 10. The average molecular weight is 542 g/mol. The van der Waals surface area contributed by atoms with Crippen LogP contribution in [0.1, 0.15) is 45.0 Å². The Morgan fingerprint density at radius 2 is 1.92 bits per heavy atom. The van der Waals surface area contributed by atoms with Crippen LogP contribution in [0.5, 0.6) is 0 Å². The van der Waals surface area contributed by atoms with Gasteiger partial charge in [-0.15, -0.1) is 5.10 Å². The molecule has 13 heteroatoms. The maximum absolute atomic E-state index is 13.0. The molecule has 0 radical (unpaired) electrons. The number of anilines is 1. The summed E-state index contributed by atoms with van der Waals surface area (Å²) in [6.07, 6.45) is 4.08. The minimum Gasteiger partial charge on any atom is -0.480 e. The topological polar surface area (TPSA) is 168 Å². The van der Waals surface area contributed by atoms with Gasteiger partial charge in [-0.1, -0.05) is 23.8 Å². The van der Waals surface area contributed by atoms with Gasteiger partial charge in [0.15, 0.2) is 0 Å². The summed E-state index contributed by atoms with van der Waals surface area (Å²) in [5, 5.41) is 19.4. The summed E-state index contributed by atoms with van der Waals surface area (Å²) in [5.74, 6) is -1.39. The van der Waals surface area contributed by atoms with E-state index in [9.17, 15) is 23.1 Å². The van der Waals surface area contributed by atoms with E-state index in [-0.39, 0.29) is 10.7 Å². The Morgan fingerprint density at radius 1 is 1.18 bits per heavy atom. The zero-order valence-electron chi connectivity index (χ0n) is 21.5. The summed E-state index contributed by atoms with van der Waals surface area (Å²) in [5.41, 5.74) is 3.98. The number of carboxylic acid groups (broad SMARTS) is 1. The van der Waals surface area contributed by atoms with Gasteiger partial charge in [-0.05, 0) is 56.4 Å². The molecule has 4 rings (SSSR count). The SMILES string of the molecule is Cc1cc(C)c(S(=O)(=O)N[C@@H](CNC(=O)c2ncn(CCc3ccc4c(n3)NCCC4)n2)C(=O)O)c(C)c1. The third-order valence-corrected chi connectivity index (χ3v) is 8.00. The van der Waals surface area contributed by atoms with Crippen LogP contribution in [0.2, 0.25) is 0 Å². The second kappa shape index (κ2) is 11.3. The van der Waals surface area contributed by atoms with Crippen molar-refractivity contribution in [2.45, 2.75) is 57.5 Å². The van der Waals surface area contributed by atoms with Crippen molar-refractivity contribution in [1.29, 1.82) is 0 Å². The fourth-order valence-corrected chi connectivity index (χ4v) is 6.18. The average Bonchev–Trinajstić information content (AvgIpc) is 3.33. The van der Waals surface area contributed by atoms with E-state index in [1.807, 2.05) is 13.0 Å². The van der Waals surface area contributed by atoms with E-state index in [0.717, 1.165) is 36.5 Å². The number of nitrogens with one attached hydrogen (secondary N) is 3. The van der Waals surface area contributed by atoms with Crippen molar-refractivity contribution in [3.63, 3.8) is 0 Å². The Morgan fingerprint density at radius 3 is 2.63 bits per heavy atom. The largest absolute Gasteiger partial charge is 0.480 e. The van der Waals surface area contributed by atoms with Crippen molar-refractivity contribution in [2.24, 2.45) is 0 Å². The minimum atomic E-state index is -4.16. The van der Waals surface area contributed by atoms with Gasteiger partial charge in [0.1, 0.15) is 18.2 Å². The van der Waals surface area contributed by atoms with Crippen molar-refractivity contribution < 1.29 is 23.1 Å². The van der Waals surface area contributed by atoms with Crippen LogP contribution in [0.4, 0.5) is 5.82 Å². The lowest BCUT2D eigenvalue weighted by atomic mass is 10.1. The molecule has 2 aromatic heterocycles. The molecule has 38 heavy (non-hydrogen) atoms. The molecule has 1 amide bonds. The summed E-state index contributed by atoms with van der Waals surface area (Å²) in [6.45, 7) is 5.99. The first kappa shape index (κ1) is 27.2. The van der Waals surface area contributed by atoms with Crippen molar-refractivity contribution >= 4 is 27.7 Å². The smallest absolute Gasteiger partial charge is 0.323 e. The van der Waals surface area contributed by atoms with Gasteiger partial charge in [0.25, 0.3) is 5.91 Å². The summed E-state index contributed by atoms with van der Waals surface area (Å²) >= 11 is 0. The quantitative estimate of drug-likeness (QED) is 0.296. The number of aromatic nitrogens is 4. The number of hydrogen-bond acceptors (Lipinski definition) is 8. The lowest BCUT2D eigenvalue weighted by Crippen LogP contribution is -2.48. The molecule has 12 nitrogen and oxygen atoms in total. The fraction of sp³-hybridized carbons (Fsp3) is 0.400. The van der Waals surface area contributed by atoms with Gasteiger partial charge < -0.3 is 15.7 Å². The Kier molecular flexibility index (Phi) is 8.07. The van der Waals surface area contributed by atoms with Crippen LogP contribution >= 0.6 is 0 Å². The van der Waals surface area contributed by atoms with Gasteiger partial charge in [0.05, 0.1) is 4.90 Å². The van der Waals surface area contributed by atoms with E-state index >= 15 is 0 Å². The van der Waals surface area contributed by atoms with E-state index in [0.29, 0.717) is 24.1 Å². The number of carbonyl (C=O) groups is 2. The summed E-state index contributed by atoms with van der Waals surface area (Å²) in [7, 11) is -4.16. The molecule has 4 N–H and O–H groups in total. The first-order valence-corrected chi connectivity index (χ1v) is 13.7. The van der Waals surface area contributed by atoms with Crippen LogP contribution in [-0.4, -0.2) is 64.3 Å². The van der Waals surface area contributed by atoms with Crippen molar-refractivity contribution in [1.82, 2.24) is 29.8 Å². The molecular weight excluding hydrogens is 510 g/mol. The molecule has 1 aromatic carbocycles. The lowest BCUT2D eigenvalue weighted by molar-refractivity contribution is -0.138. The van der Waals surface area contributed by atoms with E-state index in [4.69, 9.17) is 0 Å². The second-order valence-electron chi connectivity index (χ2n) is 9.37. The van der Waals surface area contributed by atoms with Crippen molar-refractivity contribution in [3.05, 3.63) is 64.4 Å². The zero-order valence-corrected chi connectivity index (χ0v) is 22.3. The number of carbonyl (C=O) groups excluding carboxylic acids is 1. The van der Waals surface area contributed by atoms with Crippen LogP contribution in [0, 0.1) is 20.8 Å². The van der Waals surface area contributed by atoms with Crippen LogP contribution in [0.25, 0.3) is 0 Å². The predicted molar refractivity (Wildman–Crippen MR) is 140 cm³/mol. The normalized spacial score (nSPS) is 13.9. The molecule has 3 aromatic rings. The van der Waals surface area contributed by atoms with Crippen molar-refractivity contribution in [3.8, 4) is 0 Å². The van der Waals surface area contributed by atoms with Crippen molar-refractivity contribution in [2.75, 3.05) is 18.4 Å². The van der Waals surface area contributed by atoms with Gasteiger partial charge in [-0.2, -0.15) is 4.72 Å². The molecule has 0 aliphatic carbocycles. The van der Waals surface area contributed by atoms with Crippen LogP contribution in [0.15, 0.2) is 35.5 Å². The van der Waals surface area contributed by atoms with Gasteiger partial charge >= 0.3 is 5.97 Å². The standard InChI is InChI=1S/C25H31N7O5S/c1-15-11-16(2)21(17(3)12-15)38(36,37)31-20(25(34)35)13-27-24(33)23-28-14-32(30-23)10-8-19-7-6-18-5-4-9-26-22(18)29-19/h6-7,11-12,14,20,31H,4-5,8-10,13H2,1-3H3,(H,26,29)(H,27,33)(H,34,35)/t20-/m0/s1. The molecule has 0 spiro atoms. The highest BCUT2D eigenvalue weighted by Gasteiger charge is 2.28. The molecule has 0 saturated heterocycles. The van der Waals surface area contributed by atoms with E-state index < -0.39 is 34.5 Å². The maximum atomic E-state index is 13.0. The molecule has 202 valence electrons. The van der Waals surface area contributed by atoms with E-state index in [2.05, 4.69) is 36.5 Å². The Bertz CT molecular complexity index is 1450. The number of nitrogens with zero attached hydrogens (tertiary/aromatic N) is 4. The number of amides is 1. The van der Waals surface area contributed by atoms with Crippen LogP contribution in [-0.2, 0) is 34.2 Å². The number of benzene rings is 1. The molecule has 0 unspecified atom stereocenters. The third-order valence-electron chi connectivity index (χ3n) is 6.22. The van der Waals surface area contributed by atoms with Gasteiger partial charge in [0.2, 0.25) is 15.8 Å². The number of hydrogen-bond donors (Lipinski definition) is 4. The zero-order chi connectivity index (χ0) is 27.4. The second-order valence-corrected chi connectivity index (χ2v) is 11.0. The monoisotopic (exact) mass is 541 g/mol. The Balaban J connectivity index is 1.35. The molecule has 0 bridgehead atoms. The number of pyridine rings is 1. The number of aliphatic carboxylic acids is 1. The first-order chi connectivity index (χ1) is 18.0. The highest BCUT2D eigenvalue weighted by Crippen LogP contribution is 2.22. The fourth-order valence-electron chi connectivity index (χ4n) is 4.53.